The van der Waals surface area contributed by atoms with Gasteiger partial charge in [0.05, 0.1) is 17.8 Å². The largest absolute Gasteiger partial charge is 0.495 e. The van der Waals surface area contributed by atoms with Gasteiger partial charge in [0.15, 0.2) is 6.10 Å². The van der Waals surface area contributed by atoms with Crippen LogP contribution in [0.1, 0.15) is 6.92 Å². The van der Waals surface area contributed by atoms with Crippen LogP contribution in [0.25, 0.3) is 5.69 Å². The number of ether oxygens (including phenoxy) is 2. The Morgan fingerprint density at radius 3 is 2.81 bits per heavy atom. The Labute approximate surface area is 154 Å². The number of halogens is 1. The minimum absolute atomic E-state index is 0.306. The van der Waals surface area contributed by atoms with Gasteiger partial charge in [0.2, 0.25) is 0 Å². The first-order valence-electron chi connectivity index (χ1n) is 7.71. The summed E-state index contributed by atoms with van der Waals surface area (Å²) in [5, 5.41) is 14.2. The summed E-state index contributed by atoms with van der Waals surface area (Å²) in [6.07, 6.45) is 0.753. The fourth-order valence-electron chi connectivity index (χ4n) is 2.22. The van der Waals surface area contributed by atoms with E-state index in [0.717, 1.165) is 5.69 Å². The van der Waals surface area contributed by atoms with Gasteiger partial charge in [0.25, 0.3) is 5.91 Å². The number of hydrogen-bond donors (Lipinski definition) is 1. The lowest BCUT2D eigenvalue weighted by Crippen LogP contribution is -2.30. The molecule has 134 valence electrons. The summed E-state index contributed by atoms with van der Waals surface area (Å²) in [6.45, 7) is 1.66. The lowest BCUT2D eigenvalue weighted by molar-refractivity contribution is -0.122. The van der Waals surface area contributed by atoms with Gasteiger partial charge in [-0.25, -0.2) is 4.68 Å². The van der Waals surface area contributed by atoms with Crippen LogP contribution in [0.15, 0.2) is 48.8 Å². The maximum absolute atomic E-state index is 12.3. The average Bonchev–Trinajstić information content (AvgIpc) is 3.17. The highest BCUT2D eigenvalue weighted by molar-refractivity contribution is 6.32. The molecule has 0 aliphatic rings. The molecule has 0 aliphatic heterocycles. The van der Waals surface area contributed by atoms with Crippen LogP contribution in [-0.4, -0.2) is 39.3 Å². The predicted octanol–water partition coefficient (Wildman–Crippen LogP) is 2.73. The van der Waals surface area contributed by atoms with Gasteiger partial charge in [-0.3, -0.25) is 4.79 Å². The maximum Gasteiger partial charge on any atom is 0.265 e. The standard InChI is InChI=1S/C17H16ClN5O3/c1-11(17(24)20-12-6-7-16(25-2)15(18)8-12)26-14-5-3-4-13(9-14)23-10-19-21-22-23/h3-11H,1-2H3,(H,20,24)/t11-/m0/s1. The SMILES string of the molecule is COc1ccc(NC(=O)[C@H](C)Oc2cccc(-n3cnnn3)c2)cc1Cl. The zero-order valence-electron chi connectivity index (χ0n) is 14.1. The van der Waals surface area contributed by atoms with E-state index in [-0.39, 0.29) is 5.91 Å². The van der Waals surface area contributed by atoms with Gasteiger partial charge in [-0.15, -0.1) is 5.10 Å². The Morgan fingerprint density at radius 2 is 2.12 bits per heavy atom. The van der Waals surface area contributed by atoms with Crippen molar-refractivity contribution < 1.29 is 14.3 Å². The highest BCUT2D eigenvalue weighted by Gasteiger charge is 2.16. The molecule has 0 saturated heterocycles. The Kier molecular flexibility index (Phi) is 5.33. The van der Waals surface area contributed by atoms with Crippen LogP contribution < -0.4 is 14.8 Å². The number of anilines is 1. The number of benzene rings is 2. The zero-order valence-corrected chi connectivity index (χ0v) is 14.8. The molecule has 0 bridgehead atoms. The molecule has 0 spiro atoms. The average molecular weight is 374 g/mol. The molecular formula is C17H16ClN5O3. The van der Waals surface area contributed by atoms with Crippen molar-refractivity contribution in [1.82, 2.24) is 20.2 Å². The first kappa shape index (κ1) is 17.7. The van der Waals surface area contributed by atoms with Crippen molar-refractivity contribution in [2.45, 2.75) is 13.0 Å². The molecule has 1 atom stereocenters. The van der Waals surface area contributed by atoms with E-state index in [1.807, 2.05) is 6.07 Å². The zero-order chi connectivity index (χ0) is 18.5. The molecule has 1 heterocycles. The maximum atomic E-state index is 12.3. The topological polar surface area (TPSA) is 91.2 Å². The van der Waals surface area contributed by atoms with E-state index in [9.17, 15) is 4.79 Å². The first-order chi connectivity index (χ1) is 12.6. The summed E-state index contributed by atoms with van der Waals surface area (Å²) in [5.41, 5.74) is 1.28. The van der Waals surface area contributed by atoms with Crippen LogP contribution in [0.5, 0.6) is 11.5 Å². The van der Waals surface area contributed by atoms with E-state index in [1.54, 1.807) is 43.3 Å². The second-order valence-electron chi connectivity index (χ2n) is 5.35. The Hall–Kier alpha value is -3.13. The first-order valence-corrected chi connectivity index (χ1v) is 8.09. The van der Waals surface area contributed by atoms with Crippen molar-refractivity contribution in [3.63, 3.8) is 0 Å². The third-order valence-corrected chi connectivity index (χ3v) is 3.83. The Morgan fingerprint density at radius 1 is 1.27 bits per heavy atom. The molecular weight excluding hydrogens is 358 g/mol. The molecule has 0 fully saturated rings. The van der Waals surface area contributed by atoms with Gasteiger partial charge < -0.3 is 14.8 Å². The molecule has 0 unspecified atom stereocenters. The van der Waals surface area contributed by atoms with Crippen molar-refractivity contribution >= 4 is 23.2 Å². The lowest BCUT2D eigenvalue weighted by atomic mass is 10.2. The van der Waals surface area contributed by atoms with Crippen LogP contribution in [-0.2, 0) is 4.79 Å². The summed E-state index contributed by atoms with van der Waals surface area (Å²) >= 11 is 6.06. The van der Waals surface area contributed by atoms with E-state index < -0.39 is 6.10 Å². The fraction of sp³-hybridized carbons (Fsp3) is 0.176. The minimum atomic E-state index is -0.722. The number of rotatable bonds is 6. The molecule has 0 radical (unpaired) electrons. The summed E-state index contributed by atoms with van der Waals surface area (Å²) in [5.74, 6) is 0.751. The number of carbonyl (C=O) groups excluding carboxylic acids is 1. The van der Waals surface area contributed by atoms with E-state index in [2.05, 4.69) is 20.8 Å². The second kappa shape index (κ2) is 7.83. The van der Waals surface area contributed by atoms with E-state index >= 15 is 0 Å². The third kappa shape index (κ3) is 4.09. The molecule has 2 aromatic carbocycles. The lowest BCUT2D eigenvalue weighted by Gasteiger charge is -2.15. The Balaban J connectivity index is 1.66. The van der Waals surface area contributed by atoms with Crippen LogP contribution in [0, 0.1) is 0 Å². The molecule has 1 amide bonds. The smallest absolute Gasteiger partial charge is 0.265 e. The van der Waals surface area contributed by atoms with Gasteiger partial charge in [0, 0.05) is 11.8 Å². The fourth-order valence-corrected chi connectivity index (χ4v) is 2.48. The molecule has 26 heavy (non-hydrogen) atoms. The monoisotopic (exact) mass is 373 g/mol. The molecule has 0 saturated carbocycles. The summed E-state index contributed by atoms with van der Waals surface area (Å²) < 4.78 is 12.3. The second-order valence-corrected chi connectivity index (χ2v) is 5.76. The molecule has 8 nitrogen and oxygen atoms in total. The number of nitrogens with zero attached hydrogens (tertiary/aromatic N) is 4. The van der Waals surface area contributed by atoms with Gasteiger partial charge in [-0.05, 0) is 47.7 Å². The summed E-state index contributed by atoms with van der Waals surface area (Å²) in [6, 6.07) is 12.1. The molecule has 1 N–H and O–H groups in total. The van der Waals surface area contributed by atoms with Crippen LogP contribution in [0.4, 0.5) is 5.69 Å². The van der Waals surface area contributed by atoms with Gasteiger partial charge in [-0.2, -0.15) is 0 Å². The molecule has 3 rings (SSSR count). The van der Waals surface area contributed by atoms with Crippen molar-refractivity contribution in [3.8, 4) is 17.2 Å². The molecule has 3 aromatic rings. The van der Waals surface area contributed by atoms with Crippen LogP contribution in [0.2, 0.25) is 5.02 Å². The Bertz CT molecular complexity index is 901. The van der Waals surface area contributed by atoms with Crippen LogP contribution in [0.3, 0.4) is 0 Å². The van der Waals surface area contributed by atoms with Gasteiger partial charge in [0.1, 0.15) is 17.8 Å². The molecule has 0 aliphatic carbocycles. The van der Waals surface area contributed by atoms with Crippen molar-refractivity contribution in [2.75, 3.05) is 12.4 Å². The highest BCUT2D eigenvalue weighted by Crippen LogP contribution is 2.27. The van der Waals surface area contributed by atoms with Gasteiger partial charge >= 0.3 is 0 Å². The van der Waals surface area contributed by atoms with Crippen LogP contribution >= 0.6 is 11.6 Å². The third-order valence-electron chi connectivity index (χ3n) is 3.53. The number of aromatic nitrogens is 4. The number of nitrogens with one attached hydrogen (secondary N) is 1. The summed E-state index contributed by atoms with van der Waals surface area (Å²) in [7, 11) is 1.53. The van der Waals surface area contributed by atoms with Gasteiger partial charge in [-0.1, -0.05) is 17.7 Å². The number of hydrogen-bond acceptors (Lipinski definition) is 6. The van der Waals surface area contributed by atoms with Crippen molar-refractivity contribution in [2.24, 2.45) is 0 Å². The molecule has 9 heteroatoms. The summed E-state index contributed by atoms with van der Waals surface area (Å²) in [4.78, 5) is 12.3. The van der Waals surface area contributed by atoms with Crippen molar-refractivity contribution in [1.29, 1.82) is 0 Å². The number of methoxy groups -OCH3 is 1. The number of amides is 1. The van der Waals surface area contributed by atoms with E-state index in [1.165, 1.54) is 18.1 Å². The van der Waals surface area contributed by atoms with E-state index in [0.29, 0.717) is 22.2 Å². The minimum Gasteiger partial charge on any atom is -0.495 e. The number of carbonyl (C=O) groups is 1. The predicted molar refractivity (Wildman–Crippen MR) is 95.9 cm³/mol. The molecule has 1 aromatic heterocycles. The quantitative estimate of drug-likeness (QED) is 0.714. The normalized spacial score (nSPS) is 11.7. The highest BCUT2D eigenvalue weighted by atomic mass is 35.5. The van der Waals surface area contributed by atoms with E-state index in [4.69, 9.17) is 21.1 Å². The van der Waals surface area contributed by atoms with Crippen molar-refractivity contribution in [3.05, 3.63) is 53.8 Å². The number of tetrazole rings is 1.